The third-order valence-electron chi connectivity index (χ3n) is 3.09. The third kappa shape index (κ3) is 2.78. The Morgan fingerprint density at radius 2 is 2.28 bits per heavy atom. The molecule has 18 heavy (non-hydrogen) atoms. The highest BCUT2D eigenvalue weighted by molar-refractivity contribution is 7.90. The average Bonchev–Trinajstić information content (AvgIpc) is 2.38. The highest BCUT2D eigenvalue weighted by Crippen LogP contribution is 2.27. The zero-order chi connectivity index (χ0) is 13.2. The number of nitrogens with zero attached hydrogens (tertiary/aromatic N) is 2. The van der Waals surface area contributed by atoms with Gasteiger partial charge in [0.05, 0.1) is 11.9 Å². The first kappa shape index (κ1) is 13.2. The zero-order valence-electron chi connectivity index (χ0n) is 10.6. The van der Waals surface area contributed by atoms with Crippen molar-refractivity contribution in [1.82, 2.24) is 15.3 Å². The summed E-state index contributed by atoms with van der Waals surface area (Å²) >= 11 is 0. The third-order valence-corrected chi connectivity index (χ3v) is 4.20. The van der Waals surface area contributed by atoms with Crippen molar-refractivity contribution in [2.45, 2.75) is 23.7 Å². The van der Waals surface area contributed by atoms with E-state index in [-0.39, 0.29) is 10.8 Å². The van der Waals surface area contributed by atoms with Gasteiger partial charge in [-0.25, -0.2) is 18.4 Å². The largest absolute Gasteiger partial charge is 0.357 e. The van der Waals surface area contributed by atoms with Crippen LogP contribution in [-0.4, -0.2) is 44.8 Å². The Hall–Kier alpha value is -1.21. The maximum Gasteiger partial charge on any atom is 0.222 e. The molecule has 6 nitrogen and oxygen atoms in total. The number of aromatic nitrogens is 2. The van der Waals surface area contributed by atoms with Crippen LogP contribution in [-0.2, 0) is 9.84 Å². The Bertz CT molecular complexity index is 524. The maximum atomic E-state index is 11.8. The highest BCUT2D eigenvalue weighted by atomic mass is 32.2. The summed E-state index contributed by atoms with van der Waals surface area (Å²) in [7, 11) is -1.57. The molecule has 1 aromatic heterocycles. The van der Waals surface area contributed by atoms with Crippen molar-refractivity contribution in [1.29, 1.82) is 0 Å². The molecule has 1 saturated heterocycles. The summed E-state index contributed by atoms with van der Waals surface area (Å²) in [6.07, 6.45) is 4.59. The first-order valence-corrected chi connectivity index (χ1v) is 7.87. The van der Waals surface area contributed by atoms with Crippen molar-refractivity contribution < 1.29 is 8.42 Å². The molecular formula is C11H18N4O2S. The van der Waals surface area contributed by atoms with Gasteiger partial charge >= 0.3 is 0 Å². The average molecular weight is 270 g/mol. The number of hydrogen-bond donors (Lipinski definition) is 2. The van der Waals surface area contributed by atoms with Crippen LogP contribution >= 0.6 is 0 Å². The first-order valence-electron chi connectivity index (χ1n) is 5.98. The Balaban J connectivity index is 2.46. The molecule has 2 N–H and O–H groups in total. The molecule has 0 saturated carbocycles. The van der Waals surface area contributed by atoms with Crippen molar-refractivity contribution in [3.05, 3.63) is 11.9 Å². The Morgan fingerprint density at radius 1 is 1.50 bits per heavy atom. The Labute approximate surface area is 107 Å². The summed E-state index contributed by atoms with van der Waals surface area (Å²) in [5.74, 6) is 0.599. The molecule has 100 valence electrons. The maximum absolute atomic E-state index is 11.8. The number of anilines is 1. The normalized spacial score (nSPS) is 20.7. The van der Waals surface area contributed by atoms with Crippen molar-refractivity contribution in [2.24, 2.45) is 0 Å². The van der Waals surface area contributed by atoms with Gasteiger partial charge in [-0.3, -0.25) is 0 Å². The van der Waals surface area contributed by atoms with Crippen molar-refractivity contribution >= 4 is 15.8 Å². The van der Waals surface area contributed by atoms with Crippen LogP contribution in [0.5, 0.6) is 0 Å². The SMILES string of the molecule is CNc1ncc(S(C)(=O)=O)c([C@H]2CCCNC2)n1. The van der Waals surface area contributed by atoms with Gasteiger partial charge in [0, 0.05) is 25.8 Å². The molecule has 0 amide bonds. The molecule has 0 unspecified atom stereocenters. The van der Waals surface area contributed by atoms with E-state index in [1.54, 1.807) is 7.05 Å². The zero-order valence-corrected chi connectivity index (χ0v) is 11.4. The van der Waals surface area contributed by atoms with E-state index < -0.39 is 9.84 Å². The van der Waals surface area contributed by atoms with E-state index in [4.69, 9.17) is 0 Å². The lowest BCUT2D eigenvalue weighted by Crippen LogP contribution is -2.30. The van der Waals surface area contributed by atoms with Crippen LogP contribution in [0.15, 0.2) is 11.1 Å². The van der Waals surface area contributed by atoms with Crippen molar-refractivity contribution in [2.75, 3.05) is 31.7 Å². The second-order valence-electron chi connectivity index (χ2n) is 4.51. The van der Waals surface area contributed by atoms with Gasteiger partial charge in [-0.2, -0.15) is 0 Å². The summed E-state index contributed by atoms with van der Waals surface area (Å²) in [6.45, 7) is 1.75. The number of nitrogens with one attached hydrogen (secondary N) is 2. The first-order chi connectivity index (χ1) is 8.52. The smallest absolute Gasteiger partial charge is 0.222 e. The second-order valence-corrected chi connectivity index (χ2v) is 6.49. The molecule has 1 aliphatic heterocycles. The van der Waals surface area contributed by atoms with E-state index in [1.165, 1.54) is 12.5 Å². The van der Waals surface area contributed by atoms with Gasteiger partial charge in [0.1, 0.15) is 4.90 Å². The van der Waals surface area contributed by atoms with Gasteiger partial charge in [0.2, 0.25) is 5.95 Å². The van der Waals surface area contributed by atoms with E-state index in [9.17, 15) is 8.42 Å². The summed E-state index contributed by atoms with van der Waals surface area (Å²) in [5.41, 5.74) is 0.629. The number of sulfone groups is 1. The molecule has 0 spiro atoms. The standard InChI is InChI=1S/C11H18N4O2S/c1-12-11-14-7-9(18(2,16)17)10(15-11)8-4-3-5-13-6-8/h7-8,13H,3-6H2,1-2H3,(H,12,14,15)/t8-/m0/s1. The van der Waals surface area contributed by atoms with Crippen LogP contribution in [0.3, 0.4) is 0 Å². The van der Waals surface area contributed by atoms with Gasteiger partial charge in [0.15, 0.2) is 9.84 Å². The summed E-state index contributed by atoms with van der Waals surface area (Å²) in [5, 5.41) is 6.12. The van der Waals surface area contributed by atoms with Gasteiger partial charge in [-0.15, -0.1) is 0 Å². The van der Waals surface area contributed by atoms with Gasteiger partial charge in [-0.05, 0) is 19.4 Å². The number of hydrogen-bond acceptors (Lipinski definition) is 6. The van der Waals surface area contributed by atoms with Crippen LogP contribution in [0.25, 0.3) is 0 Å². The monoisotopic (exact) mass is 270 g/mol. The molecule has 0 aromatic carbocycles. The highest BCUT2D eigenvalue weighted by Gasteiger charge is 2.24. The van der Waals surface area contributed by atoms with E-state index in [1.807, 2.05) is 0 Å². The second kappa shape index (κ2) is 5.19. The lowest BCUT2D eigenvalue weighted by atomic mass is 9.96. The van der Waals surface area contributed by atoms with E-state index in [2.05, 4.69) is 20.6 Å². The molecule has 1 aliphatic rings. The quantitative estimate of drug-likeness (QED) is 0.826. The topological polar surface area (TPSA) is 84.0 Å². The molecule has 1 aromatic rings. The summed E-state index contributed by atoms with van der Waals surface area (Å²) < 4.78 is 23.6. The molecule has 0 radical (unpaired) electrons. The molecule has 0 bridgehead atoms. The lowest BCUT2D eigenvalue weighted by Gasteiger charge is -2.23. The molecule has 1 fully saturated rings. The predicted molar refractivity (Wildman–Crippen MR) is 69.5 cm³/mol. The van der Waals surface area contributed by atoms with Crippen LogP contribution < -0.4 is 10.6 Å². The molecule has 7 heteroatoms. The molecule has 1 atom stereocenters. The van der Waals surface area contributed by atoms with Crippen molar-refractivity contribution in [3.63, 3.8) is 0 Å². The van der Waals surface area contributed by atoms with Crippen LogP contribution in [0.1, 0.15) is 24.5 Å². The number of piperidine rings is 1. The minimum absolute atomic E-state index is 0.138. The molecular weight excluding hydrogens is 252 g/mol. The van der Waals surface area contributed by atoms with E-state index in [0.717, 1.165) is 25.9 Å². The van der Waals surface area contributed by atoms with Gasteiger partial charge in [-0.1, -0.05) is 0 Å². The Kier molecular flexibility index (Phi) is 3.82. The van der Waals surface area contributed by atoms with Gasteiger partial charge < -0.3 is 10.6 Å². The fourth-order valence-corrected chi connectivity index (χ4v) is 3.00. The van der Waals surface area contributed by atoms with Crippen LogP contribution in [0.2, 0.25) is 0 Å². The number of rotatable bonds is 3. The van der Waals surface area contributed by atoms with E-state index >= 15 is 0 Å². The fraction of sp³-hybridized carbons (Fsp3) is 0.636. The fourth-order valence-electron chi connectivity index (χ4n) is 2.17. The lowest BCUT2D eigenvalue weighted by molar-refractivity contribution is 0.448. The van der Waals surface area contributed by atoms with Crippen molar-refractivity contribution in [3.8, 4) is 0 Å². The molecule has 2 heterocycles. The predicted octanol–water partition coefficient (Wildman–Crippen LogP) is 0.389. The Morgan fingerprint density at radius 3 is 2.83 bits per heavy atom. The van der Waals surface area contributed by atoms with Crippen LogP contribution in [0.4, 0.5) is 5.95 Å². The molecule has 0 aliphatic carbocycles. The minimum atomic E-state index is -3.29. The summed E-state index contributed by atoms with van der Waals surface area (Å²) in [4.78, 5) is 8.58. The summed E-state index contributed by atoms with van der Waals surface area (Å²) in [6, 6.07) is 0. The minimum Gasteiger partial charge on any atom is -0.357 e. The van der Waals surface area contributed by atoms with E-state index in [0.29, 0.717) is 11.6 Å². The van der Waals surface area contributed by atoms with Crippen LogP contribution in [0, 0.1) is 0 Å². The molecule has 2 rings (SSSR count). The van der Waals surface area contributed by atoms with Gasteiger partial charge in [0.25, 0.3) is 0 Å².